The van der Waals surface area contributed by atoms with Crippen LogP contribution >= 0.6 is 12.6 Å². The Bertz CT molecular complexity index is 473. The number of hydrogen-bond acceptors (Lipinski definition) is 3. The second-order valence-corrected chi connectivity index (χ2v) is 11.1. The average molecular weight is 327 g/mol. The van der Waals surface area contributed by atoms with Crippen LogP contribution in [0.2, 0.25) is 13.1 Å². The van der Waals surface area contributed by atoms with E-state index in [9.17, 15) is 5.11 Å². The number of hydrogen-bond donors (Lipinski definition) is 2. The average Bonchev–Trinajstić information content (AvgIpc) is 2.32. The van der Waals surface area contributed by atoms with Gasteiger partial charge in [0.05, 0.1) is 12.7 Å². The third-order valence-electron chi connectivity index (χ3n) is 3.40. The van der Waals surface area contributed by atoms with Crippen molar-refractivity contribution in [1.82, 2.24) is 0 Å². The van der Waals surface area contributed by atoms with Crippen LogP contribution in [0.4, 0.5) is 0 Å². The Labute approximate surface area is 137 Å². The lowest BCUT2D eigenvalue weighted by atomic mass is 9.83. The molecule has 0 saturated carbocycles. The third-order valence-corrected chi connectivity index (χ3v) is 4.48. The molecule has 0 saturated heterocycles. The van der Waals surface area contributed by atoms with Crippen molar-refractivity contribution in [1.29, 1.82) is 0 Å². The Morgan fingerprint density at radius 1 is 1.14 bits per heavy atom. The Kier molecular flexibility index (Phi) is 6.13. The number of aliphatic hydroxyl groups is 1. The molecule has 1 aromatic carbocycles. The molecular formula is C17H30O2SSi. The molecule has 0 amide bonds. The van der Waals surface area contributed by atoms with Crippen molar-refractivity contribution in [3.05, 3.63) is 34.9 Å². The van der Waals surface area contributed by atoms with Crippen LogP contribution in [0.3, 0.4) is 0 Å². The van der Waals surface area contributed by atoms with Crippen molar-refractivity contribution in [2.24, 2.45) is 5.41 Å². The van der Waals surface area contributed by atoms with Crippen molar-refractivity contribution in [3.8, 4) is 0 Å². The maximum absolute atomic E-state index is 9.56. The molecule has 0 heterocycles. The summed E-state index contributed by atoms with van der Waals surface area (Å²) in [6.07, 6.45) is 0.0464. The predicted molar refractivity (Wildman–Crippen MR) is 96.5 cm³/mol. The predicted octanol–water partition coefficient (Wildman–Crippen LogP) is 4.43. The van der Waals surface area contributed by atoms with Crippen molar-refractivity contribution in [2.75, 3.05) is 0 Å². The lowest BCUT2D eigenvalue weighted by Gasteiger charge is -2.34. The lowest BCUT2D eigenvalue weighted by Crippen LogP contribution is -2.26. The summed E-state index contributed by atoms with van der Waals surface area (Å²) in [5.41, 5.74) is 3.21. The van der Waals surface area contributed by atoms with Crippen molar-refractivity contribution in [3.63, 3.8) is 0 Å². The Morgan fingerprint density at radius 3 is 2.10 bits per heavy atom. The van der Waals surface area contributed by atoms with Gasteiger partial charge >= 0.3 is 0 Å². The van der Waals surface area contributed by atoms with E-state index in [4.69, 9.17) is 4.43 Å². The van der Waals surface area contributed by atoms with E-state index >= 15 is 0 Å². The minimum atomic E-state index is -1.16. The molecule has 1 aromatic rings. The highest BCUT2D eigenvalue weighted by Gasteiger charge is 2.29. The lowest BCUT2D eigenvalue weighted by molar-refractivity contribution is 0.0863. The number of thiol groups is 1. The fraction of sp³-hybridized carbons (Fsp3) is 0.647. The van der Waals surface area contributed by atoms with Gasteiger partial charge in [0.15, 0.2) is 9.04 Å². The van der Waals surface area contributed by atoms with Crippen LogP contribution in [0.15, 0.2) is 18.2 Å². The van der Waals surface area contributed by atoms with Gasteiger partial charge in [0.2, 0.25) is 0 Å². The first-order valence-corrected chi connectivity index (χ1v) is 10.8. The Morgan fingerprint density at radius 2 is 1.71 bits per heavy atom. The van der Waals surface area contributed by atoms with E-state index in [1.54, 1.807) is 0 Å². The molecule has 1 N–H and O–H groups in total. The van der Waals surface area contributed by atoms with Crippen LogP contribution in [0, 0.1) is 5.41 Å². The first-order chi connectivity index (χ1) is 9.45. The van der Waals surface area contributed by atoms with E-state index in [-0.39, 0.29) is 22.9 Å². The summed E-state index contributed by atoms with van der Waals surface area (Å²) in [4.78, 5) is 0. The summed E-state index contributed by atoms with van der Waals surface area (Å²) in [5.74, 6) is 0. The highest BCUT2D eigenvalue weighted by atomic mass is 32.1. The van der Waals surface area contributed by atoms with E-state index in [0.29, 0.717) is 0 Å². The molecule has 0 aliphatic carbocycles. The zero-order valence-electron chi connectivity index (χ0n) is 14.4. The van der Waals surface area contributed by atoms with Crippen LogP contribution < -0.4 is 0 Å². The molecule has 1 rings (SSSR count). The number of rotatable bonds is 5. The molecule has 2 nitrogen and oxygen atoms in total. The van der Waals surface area contributed by atoms with Gasteiger partial charge in [0, 0.05) is 4.75 Å². The quantitative estimate of drug-likeness (QED) is 0.619. The molecule has 0 aliphatic rings. The number of benzene rings is 1. The highest BCUT2D eigenvalue weighted by molar-refractivity contribution is 7.81. The molecule has 21 heavy (non-hydrogen) atoms. The van der Waals surface area contributed by atoms with E-state index in [2.05, 4.69) is 72.5 Å². The minimum absolute atomic E-state index is 0.0172. The molecule has 0 spiro atoms. The van der Waals surface area contributed by atoms with Crippen molar-refractivity contribution in [2.45, 2.75) is 65.2 Å². The summed E-state index contributed by atoms with van der Waals surface area (Å²) < 4.78 is 6.06. The van der Waals surface area contributed by atoms with Gasteiger partial charge in [0.25, 0.3) is 0 Å². The first-order valence-electron chi connectivity index (χ1n) is 7.58. The summed E-state index contributed by atoms with van der Waals surface area (Å²) in [7, 11) is -1.16. The summed E-state index contributed by atoms with van der Waals surface area (Å²) in [6.45, 7) is 15.2. The minimum Gasteiger partial charge on any atom is -0.413 e. The summed E-state index contributed by atoms with van der Waals surface area (Å²) in [6, 6.07) is 6.28. The fourth-order valence-electron chi connectivity index (χ4n) is 2.37. The molecular weight excluding hydrogens is 296 g/mol. The first kappa shape index (κ1) is 18.8. The SMILES string of the molecule is C[SiH](C)OC(c1cc(CO)cc(C(C)(C)S)c1)C(C)(C)C. The molecule has 120 valence electrons. The van der Waals surface area contributed by atoms with Gasteiger partial charge in [-0.15, -0.1) is 0 Å². The highest BCUT2D eigenvalue weighted by Crippen LogP contribution is 2.39. The van der Waals surface area contributed by atoms with Gasteiger partial charge < -0.3 is 9.53 Å². The summed E-state index contributed by atoms with van der Waals surface area (Å²) >= 11 is 4.67. The van der Waals surface area contributed by atoms with Crippen LogP contribution in [0.1, 0.15) is 57.4 Å². The second-order valence-electron chi connectivity index (χ2n) is 7.61. The van der Waals surface area contributed by atoms with Crippen molar-refractivity contribution >= 4 is 21.7 Å². The van der Waals surface area contributed by atoms with E-state index in [1.807, 2.05) is 6.07 Å². The second kappa shape index (κ2) is 6.86. The zero-order valence-corrected chi connectivity index (χ0v) is 16.4. The normalized spacial score (nSPS) is 14.6. The van der Waals surface area contributed by atoms with Gasteiger partial charge in [-0.05, 0) is 49.0 Å². The topological polar surface area (TPSA) is 29.5 Å². The van der Waals surface area contributed by atoms with E-state index in [1.165, 1.54) is 0 Å². The zero-order chi connectivity index (χ0) is 16.4. The van der Waals surface area contributed by atoms with Crippen LogP contribution in [-0.2, 0) is 15.8 Å². The Hall–Kier alpha value is -0.293. The van der Waals surface area contributed by atoms with Gasteiger partial charge in [-0.25, -0.2) is 0 Å². The fourth-order valence-corrected chi connectivity index (χ4v) is 3.61. The smallest absolute Gasteiger partial charge is 0.171 e. The van der Waals surface area contributed by atoms with Crippen LogP contribution in [-0.4, -0.2) is 14.1 Å². The number of aliphatic hydroxyl groups excluding tert-OH is 1. The third kappa shape index (κ3) is 5.44. The monoisotopic (exact) mass is 326 g/mol. The molecule has 1 atom stereocenters. The Balaban J connectivity index is 3.37. The molecule has 0 aromatic heterocycles. The van der Waals surface area contributed by atoms with Gasteiger partial charge in [0.1, 0.15) is 0 Å². The molecule has 4 heteroatoms. The summed E-state index contributed by atoms with van der Waals surface area (Å²) in [5, 5.41) is 9.56. The maximum Gasteiger partial charge on any atom is 0.171 e. The molecule has 0 bridgehead atoms. The van der Waals surface area contributed by atoms with E-state index < -0.39 is 9.04 Å². The molecule has 0 radical (unpaired) electrons. The van der Waals surface area contributed by atoms with Crippen LogP contribution in [0.5, 0.6) is 0 Å². The molecule has 0 fully saturated rings. The standard InChI is InChI=1S/C17H30O2SSi/c1-16(2,3)15(19-21(6)7)13-8-12(11-18)9-14(10-13)17(4,5)20/h8-10,15,18,20-21H,11H2,1-7H3. The largest absolute Gasteiger partial charge is 0.413 e. The molecule has 1 unspecified atom stereocenters. The van der Waals surface area contributed by atoms with Gasteiger partial charge in [-0.1, -0.05) is 39.0 Å². The van der Waals surface area contributed by atoms with Gasteiger partial charge in [-0.3, -0.25) is 0 Å². The van der Waals surface area contributed by atoms with Crippen molar-refractivity contribution < 1.29 is 9.53 Å². The molecule has 0 aliphatic heterocycles. The van der Waals surface area contributed by atoms with Gasteiger partial charge in [-0.2, -0.15) is 12.6 Å². The maximum atomic E-state index is 9.56. The van der Waals surface area contributed by atoms with E-state index in [0.717, 1.165) is 16.7 Å². The van der Waals surface area contributed by atoms with Crippen LogP contribution in [0.25, 0.3) is 0 Å².